The number of rotatable bonds is 9. The van der Waals surface area contributed by atoms with E-state index in [0.29, 0.717) is 36.8 Å². The van der Waals surface area contributed by atoms with Gasteiger partial charge in [0.15, 0.2) is 0 Å². The van der Waals surface area contributed by atoms with Crippen LogP contribution in [0.15, 0.2) is 72.8 Å². The van der Waals surface area contributed by atoms with Gasteiger partial charge in [-0.15, -0.1) is 0 Å². The van der Waals surface area contributed by atoms with Crippen LogP contribution in [0, 0.1) is 5.82 Å². The topological polar surface area (TPSA) is 59.1 Å². The lowest BCUT2D eigenvalue weighted by Gasteiger charge is -2.36. The number of ether oxygens (including phenoxy) is 2. The summed E-state index contributed by atoms with van der Waals surface area (Å²) in [6.45, 7) is 3.77. The van der Waals surface area contributed by atoms with Crippen molar-refractivity contribution >= 4 is 23.5 Å². The zero-order chi connectivity index (χ0) is 26.2. The van der Waals surface area contributed by atoms with Crippen molar-refractivity contribution in [1.82, 2.24) is 9.80 Å². The molecule has 3 aromatic carbocycles. The predicted molar refractivity (Wildman–Crippen MR) is 140 cm³/mol. The van der Waals surface area contributed by atoms with E-state index in [1.807, 2.05) is 41.3 Å². The molecule has 3 aromatic rings. The molecule has 6 nitrogen and oxygen atoms in total. The first kappa shape index (κ1) is 26.8. The van der Waals surface area contributed by atoms with Gasteiger partial charge < -0.3 is 14.4 Å². The third kappa shape index (κ3) is 7.61. The molecule has 1 amide bonds. The Kier molecular flexibility index (Phi) is 9.28. The predicted octanol–water partition coefficient (Wildman–Crippen LogP) is 4.91. The van der Waals surface area contributed by atoms with Crippen LogP contribution in [0.2, 0.25) is 5.02 Å². The van der Waals surface area contributed by atoms with Gasteiger partial charge in [-0.2, -0.15) is 0 Å². The van der Waals surface area contributed by atoms with Crippen molar-refractivity contribution in [3.05, 3.63) is 106 Å². The molecule has 1 saturated heterocycles. The van der Waals surface area contributed by atoms with Crippen LogP contribution in [-0.4, -0.2) is 61.5 Å². The quantitative estimate of drug-likeness (QED) is 0.372. The van der Waals surface area contributed by atoms with E-state index in [1.165, 1.54) is 19.2 Å². The Morgan fingerprint density at radius 2 is 1.51 bits per heavy atom. The molecule has 0 unspecified atom stereocenters. The molecule has 0 aromatic heterocycles. The van der Waals surface area contributed by atoms with Crippen LogP contribution >= 0.6 is 11.6 Å². The lowest BCUT2D eigenvalue weighted by molar-refractivity contribution is -0.132. The van der Waals surface area contributed by atoms with Gasteiger partial charge in [0.05, 0.1) is 31.8 Å². The number of nitrogens with zero attached hydrogens (tertiary/aromatic N) is 2. The van der Waals surface area contributed by atoms with E-state index in [-0.39, 0.29) is 30.2 Å². The lowest BCUT2D eigenvalue weighted by atomic mass is 10.1. The lowest BCUT2D eigenvalue weighted by Crippen LogP contribution is -2.50. The van der Waals surface area contributed by atoms with Gasteiger partial charge >= 0.3 is 5.97 Å². The zero-order valence-corrected chi connectivity index (χ0v) is 21.5. The van der Waals surface area contributed by atoms with E-state index in [9.17, 15) is 14.0 Å². The highest BCUT2D eigenvalue weighted by atomic mass is 35.5. The molecule has 1 atom stereocenters. The van der Waals surface area contributed by atoms with Crippen molar-refractivity contribution < 1.29 is 23.5 Å². The normalized spacial score (nSPS) is 14.8. The number of methoxy groups -OCH3 is 1. The van der Waals surface area contributed by atoms with Gasteiger partial charge in [-0.3, -0.25) is 9.69 Å². The second-order valence-corrected chi connectivity index (χ2v) is 9.46. The van der Waals surface area contributed by atoms with Gasteiger partial charge in [0.2, 0.25) is 5.91 Å². The summed E-state index contributed by atoms with van der Waals surface area (Å²) in [5.74, 6) is -0.630. The number of carbonyl (C=O) groups excluding carboxylic acids is 2. The number of hydrogen-bond acceptors (Lipinski definition) is 5. The maximum atomic E-state index is 13.1. The summed E-state index contributed by atoms with van der Waals surface area (Å²) < 4.78 is 24.2. The highest BCUT2D eigenvalue weighted by molar-refractivity contribution is 6.30. The summed E-state index contributed by atoms with van der Waals surface area (Å²) in [6, 6.07) is 20.9. The van der Waals surface area contributed by atoms with E-state index in [4.69, 9.17) is 21.1 Å². The molecule has 8 heteroatoms. The summed E-state index contributed by atoms with van der Waals surface area (Å²) in [7, 11) is 1.36. The third-order valence-corrected chi connectivity index (χ3v) is 6.74. The largest absolute Gasteiger partial charge is 0.465 e. The minimum atomic E-state index is -0.373. The van der Waals surface area contributed by atoms with Crippen molar-refractivity contribution in [1.29, 1.82) is 0 Å². The number of benzene rings is 3. The molecule has 4 rings (SSSR count). The van der Waals surface area contributed by atoms with Gasteiger partial charge in [0.25, 0.3) is 0 Å². The summed E-state index contributed by atoms with van der Waals surface area (Å²) in [5.41, 5.74) is 3.27. The summed E-state index contributed by atoms with van der Waals surface area (Å²) in [4.78, 5) is 28.6. The molecular formula is C29H30ClFN2O4. The van der Waals surface area contributed by atoms with Crippen LogP contribution in [0.4, 0.5) is 4.39 Å². The van der Waals surface area contributed by atoms with E-state index in [2.05, 4.69) is 4.90 Å². The van der Waals surface area contributed by atoms with E-state index >= 15 is 0 Å². The number of esters is 1. The zero-order valence-electron chi connectivity index (χ0n) is 20.7. The highest BCUT2D eigenvalue weighted by Crippen LogP contribution is 2.24. The van der Waals surface area contributed by atoms with Crippen LogP contribution in [0.3, 0.4) is 0 Å². The standard InChI is InChI=1S/C29H30ClFN2O4/c1-36-29(35)24-6-2-22(3-7-24)20-37-27(23-8-10-25(30)11-9-23)19-32-14-16-33(17-15-32)28(34)18-21-4-12-26(31)13-5-21/h2-13,27H,14-20H2,1H3/t27-/m1/s1. The van der Waals surface area contributed by atoms with Gasteiger partial charge in [-0.25, -0.2) is 9.18 Å². The van der Waals surface area contributed by atoms with Gasteiger partial charge in [0, 0.05) is 37.7 Å². The maximum Gasteiger partial charge on any atom is 0.337 e. The van der Waals surface area contributed by atoms with Crippen molar-refractivity contribution in [3.8, 4) is 0 Å². The Morgan fingerprint density at radius 3 is 2.14 bits per heavy atom. The summed E-state index contributed by atoms with van der Waals surface area (Å²) >= 11 is 6.10. The molecule has 0 aliphatic carbocycles. The van der Waals surface area contributed by atoms with E-state index < -0.39 is 0 Å². The van der Waals surface area contributed by atoms with Crippen LogP contribution < -0.4 is 0 Å². The molecule has 0 radical (unpaired) electrons. The number of piperazine rings is 1. The van der Waals surface area contributed by atoms with Crippen LogP contribution in [0.1, 0.15) is 33.2 Å². The number of halogens is 2. The molecule has 0 bridgehead atoms. The molecule has 0 saturated carbocycles. The Hall–Kier alpha value is -3.26. The highest BCUT2D eigenvalue weighted by Gasteiger charge is 2.24. The number of carbonyl (C=O) groups is 2. The molecule has 194 valence electrons. The average Bonchev–Trinajstić information content (AvgIpc) is 2.93. The molecule has 0 N–H and O–H groups in total. The van der Waals surface area contributed by atoms with E-state index in [0.717, 1.165) is 29.8 Å². The summed E-state index contributed by atoms with van der Waals surface area (Å²) in [5, 5.41) is 0.661. The van der Waals surface area contributed by atoms with Gasteiger partial charge in [-0.05, 0) is 53.1 Å². The summed E-state index contributed by atoms with van der Waals surface area (Å²) in [6.07, 6.45) is 0.0740. The van der Waals surface area contributed by atoms with Crippen molar-refractivity contribution in [2.24, 2.45) is 0 Å². The Balaban J connectivity index is 1.34. The second-order valence-electron chi connectivity index (χ2n) is 9.02. The van der Waals surface area contributed by atoms with Crippen molar-refractivity contribution in [3.63, 3.8) is 0 Å². The van der Waals surface area contributed by atoms with Gasteiger partial charge in [-0.1, -0.05) is 48.0 Å². The first-order valence-electron chi connectivity index (χ1n) is 12.2. The number of amides is 1. The molecule has 0 spiro atoms. The first-order chi connectivity index (χ1) is 17.9. The minimum Gasteiger partial charge on any atom is -0.465 e. The molecule has 1 fully saturated rings. The Morgan fingerprint density at radius 1 is 0.892 bits per heavy atom. The Labute approximate surface area is 221 Å². The second kappa shape index (κ2) is 12.8. The Bertz CT molecular complexity index is 1180. The fraction of sp³-hybridized carbons (Fsp3) is 0.310. The first-order valence-corrected chi connectivity index (χ1v) is 12.6. The molecular weight excluding hydrogens is 495 g/mol. The molecule has 1 heterocycles. The number of hydrogen-bond donors (Lipinski definition) is 0. The molecule has 37 heavy (non-hydrogen) atoms. The van der Waals surface area contributed by atoms with E-state index in [1.54, 1.807) is 24.3 Å². The minimum absolute atomic E-state index is 0.0483. The van der Waals surface area contributed by atoms with Crippen LogP contribution in [-0.2, 0) is 27.3 Å². The maximum absolute atomic E-state index is 13.1. The fourth-order valence-corrected chi connectivity index (χ4v) is 4.41. The van der Waals surface area contributed by atoms with Gasteiger partial charge in [0.1, 0.15) is 5.82 Å². The van der Waals surface area contributed by atoms with Crippen LogP contribution in [0.5, 0.6) is 0 Å². The molecule has 1 aliphatic rings. The van der Waals surface area contributed by atoms with Crippen LogP contribution in [0.25, 0.3) is 0 Å². The SMILES string of the molecule is COC(=O)c1ccc(CO[C@H](CN2CCN(C(=O)Cc3ccc(F)cc3)CC2)c2ccc(Cl)cc2)cc1. The molecule has 1 aliphatic heterocycles. The van der Waals surface area contributed by atoms with Crippen molar-refractivity contribution in [2.45, 2.75) is 19.1 Å². The average molecular weight is 525 g/mol. The van der Waals surface area contributed by atoms with Crippen molar-refractivity contribution in [2.75, 3.05) is 39.8 Å². The smallest absolute Gasteiger partial charge is 0.337 e. The monoisotopic (exact) mass is 524 g/mol. The third-order valence-electron chi connectivity index (χ3n) is 6.49. The fourth-order valence-electron chi connectivity index (χ4n) is 4.29.